The van der Waals surface area contributed by atoms with E-state index in [1.165, 1.54) is 36.8 Å². The third-order valence-electron chi connectivity index (χ3n) is 16.3. The second kappa shape index (κ2) is 9.41. The number of benzene rings is 2. The zero-order valence-corrected chi connectivity index (χ0v) is 29.2. The third kappa shape index (κ3) is 3.32. The van der Waals surface area contributed by atoms with Crippen LogP contribution in [0.2, 0.25) is 0 Å². The highest BCUT2D eigenvalue weighted by Gasteiger charge is 3.13. The van der Waals surface area contributed by atoms with Crippen LogP contribution in [0.4, 0.5) is 0 Å². The first kappa shape index (κ1) is 29.2. The van der Waals surface area contributed by atoms with E-state index < -0.39 is 0 Å². The average Bonchev–Trinajstić information content (AvgIpc) is 3.78. The van der Waals surface area contributed by atoms with E-state index >= 15 is 0 Å². The molecule has 264 valence electrons. The lowest BCUT2D eigenvalue weighted by Crippen LogP contribution is -3.12. The van der Waals surface area contributed by atoms with Crippen molar-refractivity contribution in [1.29, 1.82) is 0 Å². The summed E-state index contributed by atoms with van der Waals surface area (Å²) in [5, 5.41) is 8.72. The highest BCUT2D eigenvalue weighted by molar-refractivity contribution is 6.01. The summed E-state index contributed by atoms with van der Waals surface area (Å²) in [5.74, 6) is 5.54. The molecular weight excluding hydrogens is 652 g/mol. The molecule has 0 unspecified atom stereocenters. The van der Waals surface area contributed by atoms with Gasteiger partial charge >= 0.3 is 0 Å². The fourth-order valence-electron chi connectivity index (χ4n) is 13.7. The van der Waals surface area contributed by atoms with Gasteiger partial charge in [0.2, 0.25) is 23.6 Å². The van der Waals surface area contributed by atoms with Gasteiger partial charge in [-0.15, -0.1) is 0 Å². The Hall–Kier alpha value is -4.34. The fourth-order valence-corrected chi connectivity index (χ4v) is 13.7. The van der Waals surface area contributed by atoms with Crippen LogP contribution >= 0.6 is 0 Å². The van der Waals surface area contributed by atoms with Gasteiger partial charge in [-0.05, 0) is 109 Å². The molecule has 10 heteroatoms. The summed E-state index contributed by atoms with van der Waals surface area (Å²) in [5.41, 5.74) is 2.47. The quantitative estimate of drug-likeness (QED) is 0.212. The Morgan fingerprint density at radius 3 is 1.33 bits per heavy atom. The maximum absolute atomic E-state index is 14.8. The van der Waals surface area contributed by atoms with Crippen LogP contribution in [0.1, 0.15) is 85.2 Å². The van der Waals surface area contributed by atoms with Gasteiger partial charge in [-0.25, -0.2) is 0 Å². The summed E-state index contributed by atoms with van der Waals surface area (Å²) in [6, 6.07) is 20.5. The molecule has 10 nitrogen and oxygen atoms in total. The Balaban J connectivity index is 0.719. The second-order valence-corrected chi connectivity index (χ2v) is 18.4. The summed E-state index contributed by atoms with van der Waals surface area (Å²) in [6.45, 7) is 1.62. The van der Waals surface area contributed by atoms with E-state index in [9.17, 15) is 9.59 Å². The topological polar surface area (TPSA) is 118 Å². The maximum Gasteiger partial charge on any atom is 0.249 e. The average molecular weight is 695 g/mol. The van der Waals surface area contributed by atoms with Crippen LogP contribution in [-0.4, -0.2) is 55.0 Å². The van der Waals surface area contributed by atoms with Gasteiger partial charge in [-0.2, -0.15) is 9.97 Å². The SMILES string of the molecule is O=C(N1CC2(CC2)C[C@H]1c1nc(CCc2ccccc2)no1)C12C3C4C1C1C2C3C41C(=O)N1CC2(CC2)C[C@H]1c1nc(CCc2ccccc2)no1. The standard InChI is InChI=1S/C42H42N6O4/c49-37(47-21-39(15-16-39)19-25(47)35-43-27(45-51-35)13-11-23-7-3-1-4-8-23)41-29-32-30(41)34-31(41)33(29)42(32,34)38(50)48-22-40(17-18-40)20-26(48)36-44-28(46-52-36)14-12-24-9-5-2-6-10-24/h1-10,25-26,29-34H,11-22H2/t25-,26-,29?,30?,31?,32?,33?,34?,41?,42?/m0/s1. The number of amides is 2. The monoisotopic (exact) mass is 694 g/mol. The first-order valence-electron chi connectivity index (χ1n) is 19.8. The summed E-state index contributed by atoms with van der Waals surface area (Å²) in [4.78, 5) is 43.6. The van der Waals surface area contributed by atoms with E-state index in [1.54, 1.807) is 0 Å². The smallest absolute Gasteiger partial charge is 0.249 e. The molecular formula is C42H42N6O4. The van der Waals surface area contributed by atoms with Crippen molar-refractivity contribution in [3.05, 3.63) is 95.2 Å². The lowest BCUT2D eigenvalue weighted by molar-refractivity contribution is -0.626. The highest BCUT2D eigenvalue weighted by atomic mass is 16.5. The van der Waals surface area contributed by atoms with Crippen LogP contribution in [0.25, 0.3) is 0 Å². The Morgan fingerprint density at radius 1 is 0.577 bits per heavy atom. The molecule has 8 saturated carbocycles. The molecule has 2 aromatic heterocycles. The largest absolute Gasteiger partial charge is 0.337 e. The number of aryl methyl sites for hydroxylation is 4. The van der Waals surface area contributed by atoms with Crippen molar-refractivity contribution in [2.45, 2.75) is 76.3 Å². The van der Waals surface area contributed by atoms with Gasteiger partial charge in [0.1, 0.15) is 12.1 Å². The minimum Gasteiger partial charge on any atom is -0.337 e. The van der Waals surface area contributed by atoms with E-state index in [-0.39, 0.29) is 33.7 Å². The number of aromatic nitrogens is 4. The molecule has 2 spiro atoms. The van der Waals surface area contributed by atoms with Gasteiger partial charge in [0, 0.05) is 25.9 Å². The number of likely N-dealkylation sites (tertiary alicyclic amines) is 2. The van der Waals surface area contributed by atoms with E-state index in [0.717, 1.165) is 63.3 Å². The second-order valence-electron chi connectivity index (χ2n) is 18.4. The molecule has 8 aliphatic carbocycles. The maximum atomic E-state index is 14.8. The molecule has 14 rings (SSSR count). The number of nitrogens with zero attached hydrogens (tertiary/aromatic N) is 6. The van der Waals surface area contributed by atoms with Crippen molar-refractivity contribution in [3.63, 3.8) is 0 Å². The Kier molecular flexibility index (Phi) is 5.28. The molecule has 0 radical (unpaired) electrons. The van der Waals surface area contributed by atoms with Gasteiger partial charge in [-0.1, -0.05) is 71.0 Å². The highest BCUT2D eigenvalue weighted by Crippen LogP contribution is 3.10. The molecule has 4 heterocycles. The first-order chi connectivity index (χ1) is 25.5. The van der Waals surface area contributed by atoms with Crippen LogP contribution < -0.4 is 0 Å². The summed E-state index contributed by atoms with van der Waals surface area (Å²) in [6.07, 6.45) is 9.70. The van der Waals surface area contributed by atoms with Crippen LogP contribution in [-0.2, 0) is 35.3 Å². The van der Waals surface area contributed by atoms with Crippen LogP contribution in [0.15, 0.2) is 69.7 Å². The minimum absolute atomic E-state index is 0.128. The molecule has 2 aromatic carbocycles. The van der Waals surface area contributed by atoms with Crippen molar-refractivity contribution in [2.75, 3.05) is 13.1 Å². The van der Waals surface area contributed by atoms with Gasteiger partial charge in [0.05, 0.1) is 10.8 Å². The lowest BCUT2D eigenvalue weighted by Gasteiger charge is -3.09. The molecule has 0 bridgehead atoms. The molecule has 52 heavy (non-hydrogen) atoms. The summed E-state index contributed by atoms with van der Waals surface area (Å²) < 4.78 is 11.8. The van der Waals surface area contributed by atoms with E-state index in [0.29, 0.717) is 59.1 Å². The molecule has 2 aliphatic heterocycles. The third-order valence-corrected chi connectivity index (χ3v) is 16.3. The zero-order valence-electron chi connectivity index (χ0n) is 29.2. The van der Waals surface area contributed by atoms with Crippen molar-refractivity contribution in [2.24, 2.45) is 57.2 Å². The van der Waals surface area contributed by atoms with Crippen molar-refractivity contribution in [3.8, 4) is 0 Å². The Bertz CT molecular complexity index is 1960. The van der Waals surface area contributed by atoms with Crippen LogP contribution in [0, 0.1) is 57.2 Å². The molecule has 10 aliphatic rings. The number of hydrogen-bond donors (Lipinski definition) is 0. The van der Waals surface area contributed by atoms with Gasteiger partial charge < -0.3 is 18.8 Å². The molecule has 2 amide bonds. The molecule has 10 fully saturated rings. The summed E-state index contributed by atoms with van der Waals surface area (Å²) >= 11 is 0. The Labute approximate surface area is 301 Å². The van der Waals surface area contributed by atoms with E-state index in [2.05, 4.69) is 68.6 Å². The number of carbonyl (C=O) groups is 2. The van der Waals surface area contributed by atoms with Crippen LogP contribution in [0.5, 0.6) is 0 Å². The van der Waals surface area contributed by atoms with Crippen LogP contribution in [0.3, 0.4) is 0 Å². The van der Waals surface area contributed by atoms with Crippen molar-refractivity contribution < 1.29 is 18.6 Å². The number of hydrogen-bond acceptors (Lipinski definition) is 8. The predicted molar refractivity (Wildman–Crippen MR) is 184 cm³/mol. The first-order valence-corrected chi connectivity index (χ1v) is 19.8. The van der Waals surface area contributed by atoms with Gasteiger partial charge in [-0.3, -0.25) is 9.59 Å². The molecule has 2 atom stereocenters. The molecule has 4 aromatic rings. The van der Waals surface area contributed by atoms with E-state index in [4.69, 9.17) is 19.0 Å². The fraction of sp³-hybridized carbons (Fsp3) is 0.571. The van der Waals surface area contributed by atoms with E-state index in [1.807, 2.05) is 12.1 Å². The predicted octanol–water partition coefficient (Wildman–Crippen LogP) is 5.57. The minimum atomic E-state index is -0.237. The molecule has 0 N–H and O–H groups in total. The number of rotatable bonds is 10. The van der Waals surface area contributed by atoms with Gasteiger partial charge in [0.15, 0.2) is 11.6 Å². The lowest BCUT2D eigenvalue weighted by atomic mass is 8.92. The molecule has 2 saturated heterocycles. The zero-order chi connectivity index (χ0) is 34.2. The normalized spacial score (nSPS) is 39.0. The summed E-state index contributed by atoms with van der Waals surface area (Å²) in [7, 11) is 0. The van der Waals surface area contributed by atoms with Crippen molar-refractivity contribution in [1.82, 2.24) is 30.1 Å². The van der Waals surface area contributed by atoms with Gasteiger partial charge in [0.25, 0.3) is 0 Å². The Morgan fingerprint density at radius 2 is 0.962 bits per heavy atom. The van der Waals surface area contributed by atoms with Crippen molar-refractivity contribution >= 4 is 11.8 Å². The number of carbonyl (C=O) groups excluding carboxylic acids is 2.